The van der Waals surface area contributed by atoms with Gasteiger partial charge in [0.2, 0.25) is 0 Å². The van der Waals surface area contributed by atoms with Gasteiger partial charge in [0.25, 0.3) is 0 Å². The van der Waals surface area contributed by atoms with Gasteiger partial charge in [0.15, 0.2) is 0 Å². The average molecular weight is 263 g/mol. The van der Waals surface area contributed by atoms with Gasteiger partial charge in [-0.2, -0.15) is 0 Å². The van der Waals surface area contributed by atoms with Crippen LogP contribution in [0.15, 0.2) is 22.7 Å². The van der Waals surface area contributed by atoms with Crippen LogP contribution in [-0.4, -0.2) is 18.8 Å². The van der Waals surface area contributed by atoms with Gasteiger partial charge in [0.05, 0.1) is 11.1 Å². The molecule has 0 spiro atoms. The topological polar surface area (TPSA) is 29.5 Å². The molecule has 0 aliphatic carbocycles. The number of benzene rings is 1. The second-order valence-corrected chi connectivity index (χ2v) is 4.16. The summed E-state index contributed by atoms with van der Waals surface area (Å²) in [5, 5.41) is 9.91. The molecule has 0 amide bonds. The van der Waals surface area contributed by atoms with Crippen molar-refractivity contribution < 1.29 is 14.2 Å². The van der Waals surface area contributed by atoms with Crippen molar-refractivity contribution in [1.29, 1.82) is 0 Å². The van der Waals surface area contributed by atoms with Crippen LogP contribution in [0.25, 0.3) is 0 Å². The lowest BCUT2D eigenvalue weighted by molar-refractivity contribution is -0.0232. The third-order valence-electron chi connectivity index (χ3n) is 1.96. The maximum absolute atomic E-state index is 13.6. The molecule has 1 atom stereocenters. The third-order valence-corrected chi connectivity index (χ3v) is 2.57. The molecule has 14 heavy (non-hydrogen) atoms. The molecule has 0 aliphatic heterocycles. The van der Waals surface area contributed by atoms with Gasteiger partial charge in [-0.05, 0) is 28.9 Å². The fourth-order valence-corrected chi connectivity index (χ4v) is 1.64. The van der Waals surface area contributed by atoms with E-state index in [1.165, 1.54) is 14.0 Å². The minimum absolute atomic E-state index is 0.0559. The van der Waals surface area contributed by atoms with Crippen molar-refractivity contribution in [2.24, 2.45) is 0 Å². The highest BCUT2D eigenvalue weighted by atomic mass is 79.9. The van der Waals surface area contributed by atoms with Crippen LogP contribution in [0, 0.1) is 5.82 Å². The highest BCUT2D eigenvalue weighted by Crippen LogP contribution is 2.27. The van der Waals surface area contributed by atoms with Crippen molar-refractivity contribution >= 4 is 15.9 Å². The van der Waals surface area contributed by atoms with Crippen LogP contribution in [0.3, 0.4) is 0 Å². The Bertz CT molecular complexity index is 326. The average Bonchev–Trinajstić information content (AvgIpc) is 2.09. The Morgan fingerprint density at radius 1 is 1.57 bits per heavy atom. The molecule has 78 valence electrons. The van der Waals surface area contributed by atoms with Gasteiger partial charge in [0, 0.05) is 12.7 Å². The molecule has 0 bridgehead atoms. The Kier molecular flexibility index (Phi) is 3.64. The maximum atomic E-state index is 13.6. The minimum Gasteiger partial charge on any atom is -0.383 e. The summed E-state index contributed by atoms with van der Waals surface area (Å²) in [6.07, 6.45) is 0. The summed E-state index contributed by atoms with van der Waals surface area (Å²) in [5.74, 6) is -0.449. The second-order valence-electron chi connectivity index (χ2n) is 3.31. The molecule has 0 saturated heterocycles. The Balaban J connectivity index is 3.12. The number of methoxy groups -OCH3 is 1. The number of hydrogen-bond acceptors (Lipinski definition) is 2. The van der Waals surface area contributed by atoms with Gasteiger partial charge < -0.3 is 9.84 Å². The van der Waals surface area contributed by atoms with Gasteiger partial charge in [-0.3, -0.25) is 0 Å². The van der Waals surface area contributed by atoms with E-state index >= 15 is 0 Å². The largest absolute Gasteiger partial charge is 0.383 e. The minimum atomic E-state index is -1.30. The molecule has 4 heteroatoms. The fourth-order valence-electron chi connectivity index (χ4n) is 1.28. The molecule has 1 aromatic rings. The van der Waals surface area contributed by atoms with Gasteiger partial charge in [-0.1, -0.05) is 12.1 Å². The van der Waals surface area contributed by atoms with Crippen molar-refractivity contribution in [2.75, 3.05) is 13.7 Å². The monoisotopic (exact) mass is 262 g/mol. The van der Waals surface area contributed by atoms with Crippen molar-refractivity contribution in [1.82, 2.24) is 0 Å². The first-order chi connectivity index (χ1) is 6.49. The summed E-state index contributed by atoms with van der Waals surface area (Å²) in [4.78, 5) is 0. The van der Waals surface area contributed by atoms with Gasteiger partial charge >= 0.3 is 0 Å². The predicted molar refractivity (Wildman–Crippen MR) is 55.5 cm³/mol. The van der Waals surface area contributed by atoms with E-state index in [1.807, 2.05) is 0 Å². The lowest BCUT2D eigenvalue weighted by Crippen LogP contribution is -2.28. The van der Waals surface area contributed by atoms with Crippen LogP contribution in [-0.2, 0) is 10.3 Å². The van der Waals surface area contributed by atoms with E-state index < -0.39 is 11.4 Å². The Hall–Kier alpha value is -0.450. The zero-order chi connectivity index (χ0) is 10.8. The molecule has 1 N–H and O–H groups in total. The zero-order valence-electron chi connectivity index (χ0n) is 8.05. The first kappa shape index (κ1) is 11.6. The Labute approximate surface area is 90.8 Å². The van der Waals surface area contributed by atoms with Crippen LogP contribution in [0.5, 0.6) is 0 Å². The Morgan fingerprint density at radius 3 is 2.79 bits per heavy atom. The molecular weight excluding hydrogens is 251 g/mol. The van der Waals surface area contributed by atoms with E-state index in [4.69, 9.17) is 4.74 Å². The van der Waals surface area contributed by atoms with Crippen LogP contribution in [0.4, 0.5) is 4.39 Å². The van der Waals surface area contributed by atoms with Gasteiger partial charge in [0.1, 0.15) is 11.4 Å². The summed E-state index contributed by atoms with van der Waals surface area (Å²) < 4.78 is 18.7. The molecule has 0 saturated carbocycles. The first-order valence-electron chi connectivity index (χ1n) is 4.15. The Morgan fingerprint density at radius 2 is 2.21 bits per heavy atom. The first-order valence-corrected chi connectivity index (χ1v) is 4.94. The summed E-state index contributed by atoms with van der Waals surface area (Å²) in [7, 11) is 1.46. The number of rotatable bonds is 3. The molecule has 1 aromatic carbocycles. The number of ether oxygens (including phenoxy) is 1. The van der Waals surface area contributed by atoms with E-state index in [0.29, 0.717) is 4.47 Å². The maximum Gasteiger partial charge on any atom is 0.143 e. The quantitative estimate of drug-likeness (QED) is 0.907. The van der Waals surface area contributed by atoms with Crippen LogP contribution < -0.4 is 0 Å². The molecular formula is C10H12BrFO2. The SMILES string of the molecule is COCC(C)(O)c1cccc(Br)c1F. The highest BCUT2D eigenvalue weighted by molar-refractivity contribution is 9.10. The summed E-state index contributed by atoms with van der Waals surface area (Å²) in [6, 6.07) is 4.80. The normalized spacial score (nSPS) is 15.2. The van der Waals surface area contributed by atoms with E-state index in [-0.39, 0.29) is 12.2 Å². The van der Waals surface area contributed by atoms with Crippen LogP contribution in [0.1, 0.15) is 12.5 Å². The molecule has 1 rings (SSSR count). The van der Waals surface area contributed by atoms with Gasteiger partial charge in [-0.15, -0.1) is 0 Å². The number of aliphatic hydroxyl groups is 1. The smallest absolute Gasteiger partial charge is 0.143 e. The van der Waals surface area contributed by atoms with Gasteiger partial charge in [-0.25, -0.2) is 4.39 Å². The highest BCUT2D eigenvalue weighted by Gasteiger charge is 2.27. The molecule has 0 aliphatic rings. The standard InChI is InChI=1S/C10H12BrFO2/c1-10(13,6-14-2)7-4-3-5-8(11)9(7)12/h3-5,13H,6H2,1-2H3. The molecule has 0 fully saturated rings. The molecule has 0 aromatic heterocycles. The van der Waals surface area contributed by atoms with E-state index in [1.54, 1.807) is 18.2 Å². The summed E-state index contributed by atoms with van der Waals surface area (Å²) in [6.45, 7) is 1.57. The molecule has 0 heterocycles. The molecule has 1 unspecified atom stereocenters. The van der Waals surface area contributed by atoms with Crippen LogP contribution in [0.2, 0.25) is 0 Å². The third kappa shape index (κ3) is 2.32. The van der Waals surface area contributed by atoms with E-state index in [0.717, 1.165) is 0 Å². The molecule has 0 radical (unpaired) electrons. The van der Waals surface area contributed by atoms with Crippen molar-refractivity contribution in [3.8, 4) is 0 Å². The lowest BCUT2D eigenvalue weighted by Gasteiger charge is -2.23. The van der Waals surface area contributed by atoms with E-state index in [9.17, 15) is 9.50 Å². The second kappa shape index (κ2) is 4.38. The summed E-state index contributed by atoms with van der Waals surface area (Å²) >= 11 is 3.06. The fraction of sp³-hybridized carbons (Fsp3) is 0.400. The van der Waals surface area contributed by atoms with E-state index in [2.05, 4.69) is 15.9 Å². The predicted octanol–water partition coefficient (Wildman–Crippen LogP) is 2.44. The van der Waals surface area contributed by atoms with Crippen molar-refractivity contribution in [2.45, 2.75) is 12.5 Å². The lowest BCUT2D eigenvalue weighted by atomic mass is 9.96. The number of halogens is 2. The van der Waals surface area contributed by atoms with Crippen molar-refractivity contribution in [3.05, 3.63) is 34.1 Å². The molecule has 2 nitrogen and oxygen atoms in total. The number of hydrogen-bond donors (Lipinski definition) is 1. The van der Waals surface area contributed by atoms with Crippen molar-refractivity contribution in [3.63, 3.8) is 0 Å². The summed E-state index contributed by atoms with van der Waals surface area (Å²) in [5.41, 5.74) is -1.07. The zero-order valence-corrected chi connectivity index (χ0v) is 9.64. The van der Waals surface area contributed by atoms with Crippen LogP contribution >= 0.6 is 15.9 Å².